The van der Waals surface area contributed by atoms with E-state index in [2.05, 4.69) is 27.3 Å². The van der Waals surface area contributed by atoms with Crippen molar-refractivity contribution in [1.82, 2.24) is 0 Å². The number of primary sulfonamides is 1. The number of halogens is 1. The summed E-state index contributed by atoms with van der Waals surface area (Å²) in [5.41, 5.74) is 0.851. The Morgan fingerprint density at radius 3 is 2.42 bits per heavy atom. The molecule has 7 heteroatoms. The Morgan fingerprint density at radius 1 is 1.32 bits per heavy atom. The van der Waals surface area contributed by atoms with Gasteiger partial charge >= 0.3 is 0 Å². The van der Waals surface area contributed by atoms with Crippen molar-refractivity contribution < 1.29 is 8.42 Å². The minimum absolute atomic E-state index is 0.115. The SMILES string of the molecule is CC(Nc1ccc(S(N)(=O)=O)cc1)c1cc(Br)cs1. The van der Waals surface area contributed by atoms with Gasteiger partial charge < -0.3 is 5.32 Å². The second-order valence-electron chi connectivity index (χ2n) is 4.10. The lowest BCUT2D eigenvalue weighted by Gasteiger charge is -2.13. The van der Waals surface area contributed by atoms with E-state index in [1.54, 1.807) is 23.5 Å². The number of thiophene rings is 1. The molecule has 0 aliphatic rings. The number of rotatable bonds is 4. The summed E-state index contributed by atoms with van der Waals surface area (Å²) >= 11 is 5.08. The summed E-state index contributed by atoms with van der Waals surface area (Å²) in [5.74, 6) is 0. The van der Waals surface area contributed by atoms with Crippen molar-refractivity contribution in [2.75, 3.05) is 5.32 Å². The third-order valence-corrected chi connectivity index (χ3v) is 5.39. The van der Waals surface area contributed by atoms with Crippen molar-refractivity contribution in [1.29, 1.82) is 0 Å². The van der Waals surface area contributed by atoms with E-state index in [1.165, 1.54) is 17.0 Å². The third-order valence-electron chi connectivity index (χ3n) is 2.58. The first-order valence-corrected chi connectivity index (χ1v) is 8.71. The number of sulfonamides is 1. The van der Waals surface area contributed by atoms with E-state index in [0.717, 1.165) is 10.2 Å². The van der Waals surface area contributed by atoms with Gasteiger partial charge in [-0.3, -0.25) is 0 Å². The summed E-state index contributed by atoms with van der Waals surface area (Å²) in [6, 6.07) is 8.61. The van der Waals surface area contributed by atoms with Crippen LogP contribution in [0.3, 0.4) is 0 Å². The smallest absolute Gasteiger partial charge is 0.238 e. The highest BCUT2D eigenvalue weighted by molar-refractivity contribution is 9.10. The molecule has 19 heavy (non-hydrogen) atoms. The van der Waals surface area contributed by atoms with Gasteiger partial charge in [-0.25, -0.2) is 13.6 Å². The number of nitrogens with one attached hydrogen (secondary N) is 1. The van der Waals surface area contributed by atoms with Crippen molar-refractivity contribution in [2.24, 2.45) is 5.14 Å². The number of anilines is 1. The predicted octanol–water partition coefficient (Wildman–Crippen LogP) is 3.33. The molecule has 0 spiro atoms. The minimum atomic E-state index is -3.63. The number of benzene rings is 1. The molecule has 0 radical (unpaired) electrons. The maximum absolute atomic E-state index is 11.1. The second-order valence-corrected chi connectivity index (χ2v) is 7.52. The molecule has 0 saturated heterocycles. The third kappa shape index (κ3) is 3.79. The van der Waals surface area contributed by atoms with Gasteiger partial charge in [0, 0.05) is 20.4 Å². The summed E-state index contributed by atoms with van der Waals surface area (Å²) in [6.45, 7) is 2.05. The van der Waals surface area contributed by atoms with Gasteiger partial charge in [-0.2, -0.15) is 0 Å². The van der Waals surface area contributed by atoms with Crippen molar-refractivity contribution in [2.45, 2.75) is 17.9 Å². The summed E-state index contributed by atoms with van der Waals surface area (Å²) in [6.07, 6.45) is 0. The first-order valence-electron chi connectivity index (χ1n) is 5.49. The molecule has 0 bridgehead atoms. The molecule has 1 aromatic carbocycles. The molecule has 2 aromatic rings. The molecule has 0 fully saturated rings. The molecule has 3 N–H and O–H groups in total. The largest absolute Gasteiger partial charge is 0.378 e. The summed E-state index contributed by atoms with van der Waals surface area (Å²) < 4.78 is 23.3. The van der Waals surface area contributed by atoms with Crippen LogP contribution in [0.4, 0.5) is 5.69 Å². The van der Waals surface area contributed by atoms with Crippen LogP contribution in [0, 0.1) is 0 Å². The molecule has 1 heterocycles. The van der Waals surface area contributed by atoms with Crippen molar-refractivity contribution in [3.8, 4) is 0 Å². The maximum atomic E-state index is 11.1. The molecule has 4 nitrogen and oxygen atoms in total. The first kappa shape index (κ1) is 14.5. The highest BCUT2D eigenvalue weighted by atomic mass is 79.9. The lowest BCUT2D eigenvalue weighted by Crippen LogP contribution is -2.12. The van der Waals surface area contributed by atoms with Crippen LogP contribution in [0.1, 0.15) is 17.8 Å². The van der Waals surface area contributed by atoms with E-state index in [-0.39, 0.29) is 10.9 Å². The molecule has 1 atom stereocenters. The van der Waals surface area contributed by atoms with E-state index in [4.69, 9.17) is 5.14 Å². The highest BCUT2D eigenvalue weighted by Crippen LogP contribution is 2.28. The van der Waals surface area contributed by atoms with E-state index < -0.39 is 10.0 Å². The number of hydrogen-bond acceptors (Lipinski definition) is 4. The fraction of sp³-hybridized carbons (Fsp3) is 0.167. The molecule has 1 unspecified atom stereocenters. The van der Waals surface area contributed by atoms with Crippen LogP contribution in [0.2, 0.25) is 0 Å². The molecule has 0 saturated carbocycles. The lowest BCUT2D eigenvalue weighted by molar-refractivity contribution is 0.598. The minimum Gasteiger partial charge on any atom is -0.378 e. The van der Waals surface area contributed by atoms with Gasteiger partial charge in [0.15, 0.2) is 0 Å². The van der Waals surface area contributed by atoms with E-state index in [9.17, 15) is 8.42 Å². The van der Waals surface area contributed by atoms with Crippen molar-refractivity contribution in [3.63, 3.8) is 0 Å². The second kappa shape index (κ2) is 5.62. The Hall–Kier alpha value is -0.890. The normalized spacial score (nSPS) is 13.2. The van der Waals surface area contributed by atoms with E-state index in [0.29, 0.717) is 0 Å². The molecular formula is C12H13BrN2O2S2. The van der Waals surface area contributed by atoms with Gasteiger partial charge in [0.2, 0.25) is 10.0 Å². The van der Waals surface area contributed by atoms with Crippen LogP contribution >= 0.6 is 27.3 Å². The zero-order valence-corrected chi connectivity index (χ0v) is 13.3. The van der Waals surface area contributed by atoms with Crippen LogP contribution in [0.25, 0.3) is 0 Å². The monoisotopic (exact) mass is 360 g/mol. The maximum Gasteiger partial charge on any atom is 0.238 e. The Labute approximate surface area is 124 Å². The van der Waals surface area contributed by atoms with Crippen LogP contribution in [-0.4, -0.2) is 8.42 Å². The van der Waals surface area contributed by atoms with Crippen molar-refractivity contribution in [3.05, 3.63) is 45.1 Å². The molecule has 1 aromatic heterocycles. The Kier molecular flexibility index (Phi) is 4.29. The van der Waals surface area contributed by atoms with E-state index >= 15 is 0 Å². The van der Waals surface area contributed by atoms with Crippen LogP contribution < -0.4 is 10.5 Å². The van der Waals surface area contributed by atoms with Gasteiger partial charge in [0.25, 0.3) is 0 Å². The average Bonchev–Trinajstić information content (AvgIpc) is 2.75. The summed E-state index contributed by atoms with van der Waals surface area (Å²) in [4.78, 5) is 1.31. The molecule has 102 valence electrons. The number of hydrogen-bond donors (Lipinski definition) is 2. The average molecular weight is 361 g/mol. The highest BCUT2D eigenvalue weighted by Gasteiger charge is 2.10. The lowest BCUT2D eigenvalue weighted by atomic mass is 10.2. The molecule has 0 amide bonds. The predicted molar refractivity (Wildman–Crippen MR) is 81.9 cm³/mol. The fourth-order valence-corrected chi connectivity index (χ4v) is 3.59. The zero-order chi connectivity index (χ0) is 14.0. The van der Waals surface area contributed by atoms with Crippen LogP contribution in [-0.2, 0) is 10.0 Å². The molecule has 2 rings (SSSR count). The standard InChI is InChI=1S/C12H13BrN2O2S2/c1-8(12-6-9(13)7-18-12)15-10-2-4-11(5-3-10)19(14,16)17/h2-8,15H,1H3,(H2,14,16,17). The Bertz CT molecular complexity index is 665. The fourth-order valence-electron chi connectivity index (χ4n) is 1.62. The summed E-state index contributed by atoms with van der Waals surface area (Å²) in [7, 11) is -3.63. The molecule has 0 aliphatic carbocycles. The van der Waals surface area contributed by atoms with Gasteiger partial charge in [0.05, 0.1) is 10.9 Å². The van der Waals surface area contributed by atoms with Gasteiger partial charge in [-0.1, -0.05) is 0 Å². The van der Waals surface area contributed by atoms with Gasteiger partial charge in [0.1, 0.15) is 0 Å². The number of nitrogens with two attached hydrogens (primary N) is 1. The van der Waals surface area contributed by atoms with Crippen LogP contribution in [0.15, 0.2) is 45.1 Å². The zero-order valence-electron chi connectivity index (χ0n) is 10.1. The van der Waals surface area contributed by atoms with Gasteiger partial charge in [-0.05, 0) is 53.2 Å². The Balaban J connectivity index is 2.12. The van der Waals surface area contributed by atoms with Crippen molar-refractivity contribution >= 4 is 43.0 Å². The Morgan fingerprint density at radius 2 is 1.95 bits per heavy atom. The summed E-state index contributed by atoms with van der Waals surface area (Å²) in [5, 5.41) is 10.4. The first-order chi connectivity index (χ1) is 8.86. The quantitative estimate of drug-likeness (QED) is 0.877. The molecule has 0 aliphatic heterocycles. The topological polar surface area (TPSA) is 72.2 Å². The van der Waals surface area contributed by atoms with Crippen LogP contribution in [0.5, 0.6) is 0 Å². The van der Waals surface area contributed by atoms with E-state index in [1.807, 2.05) is 12.3 Å². The molecular weight excluding hydrogens is 348 g/mol. The van der Waals surface area contributed by atoms with Gasteiger partial charge in [-0.15, -0.1) is 11.3 Å².